The first kappa shape index (κ1) is 10.8. The molecule has 0 spiro atoms. The first-order valence-corrected chi connectivity index (χ1v) is 4.78. The molecule has 1 aromatic carbocycles. The van der Waals surface area contributed by atoms with Crippen molar-refractivity contribution in [2.75, 3.05) is 13.2 Å². The molecule has 76 valence electrons. The molecule has 0 radical (unpaired) electrons. The summed E-state index contributed by atoms with van der Waals surface area (Å²) < 4.78 is 5.47. The number of rotatable bonds is 5. The van der Waals surface area contributed by atoms with Crippen molar-refractivity contribution >= 4 is 0 Å². The van der Waals surface area contributed by atoms with E-state index in [-0.39, 0.29) is 0 Å². The van der Waals surface area contributed by atoms with E-state index in [0.29, 0.717) is 13.2 Å². The number of benzene rings is 1. The van der Waals surface area contributed by atoms with Crippen molar-refractivity contribution in [2.45, 2.75) is 13.3 Å². The van der Waals surface area contributed by atoms with Gasteiger partial charge in [0, 0.05) is 0 Å². The third kappa shape index (κ3) is 3.62. The minimum atomic E-state index is 0.580. The molecule has 0 aliphatic rings. The van der Waals surface area contributed by atoms with E-state index in [1.807, 2.05) is 31.2 Å². The van der Waals surface area contributed by atoms with Crippen molar-refractivity contribution in [2.24, 2.45) is 5.73 Å². The lowest BCUT2D eigenvalue weighted by atomic mass is 10.1. The second kappa shape index (κ2) is 5.45. The molecule has 1 aromatic rings. The van der Waals surface area contributed by atoms with Gasteiger partial charge in [-0.2, -0.15) is 0 Å². The van der Waals surface area contributed by atoms with Gasteiger partial charge >= 0.3 is 0 Å². The Balaban J connectivity index is 2.50. The van der Waals surface area contributed by atoms with Gasteiger partial charge in [-0.3, -0.25) is 0 Å². The molecule has 0 atom stereocenters. The molecule has 1 rings (SSSR count). The highest BCUT2D eigenvalue weighted by molar-refractivity contribution is 5.27. The highest BCUT2D eigenvalue weighted by Crippen LogP contribution is 2.12. The van der Waals surface area contributed by atoms with Crippen LogP contribution in [0.1, 0.15) is 12.5 Å². The van der Waals surface area contributed by atoms with Crippen molar-refractivity contribution in [1.29, 1.82) is 0 Å². The van der Waals surface area contributed by atoms with E-state index in [2.05, 4.69) is 6.58 Å². The van der Waals surface area contributed by atoms with E-state index in [0.717, 1.165) is 17.7 Å². The molecule has 0 aliphatic heterocycles. The van der Waals surface area contributed by atoms with Gasteiger partial charge in [0.1, 0.15) is 12.4 Å². The summed E-state index contributed by atoms with van der Waals surface area (Å²) in [6.45, 7) is 6.99. The molecule has 0 aliphatic carbocycles. The van der Waals surface area contributed by atoms with Crippen LogP contribution < -0.4 is 10.5 Å². The van der Waals surface area contributed by atoms with Crippen LogP contribution in [-0.4, -0.2) is 13.2 Å². The summed E-state index contributed by atoms with van der Waals surface area (Å²) in [6, 6.07) is 8.02. The van der Waals surface area contributed by atoms with Gasteiger partial charge in [0.2, 0.25) is 0 Å². The van der Waals surface area contributed by atoms with E-state index < -0.39 is 0 Å². The smallest absolute Gasteiger partial charge is 0.119 e. The molecule has 0 saturated heterocycles. The predicted molar refractivity (Wildman–Crippen MR) is 59.5 cm³/mol. The van der Waals surface area contributed by atoms with Crippen LogP contribution in [0.4, 0.5) is 0 Å². The number of ether oxygens (including phenoxy) is 1. The monoisotopic (exact) mass is 191 g/mol. The van der Waals surface area contributed by atoms with Crippen molar-refractivity contribution in [3.63, 3.8) is 0 Å². The number of hydrogen-bond acceptors (Lipinski definition) is 2. The van der Waals surface area contributed by atoms with Gasteiger partial charge in [0.15, 0.2) is 0 Å². The number of hydrogen-bond donors (Lipinski definition) is 1. The molecule has 0 amide bonds. The topological polar surface area (TPSA) is 35.2 Å². The van der Waals surface area contributed by atoms with Crippen molar-refractivity contribution < 1.29 is 4.74 Å². The van der Waals surface area contributed by atoms with E-state index in [1.54, 1.807) is 0 Å². The molecule has 0 fully saturated rings. The fraction of sp³-hybridized carbons (Fsp3) is 0.333. The van der Waals surface area contributed by atoms with Crippen LogP contribution in [0.15, 0.2) is 36.4 Å². The van der Waals surface area contributed by atoms with Gasteiger partial charge in [-0.15, -0.1) is 0 Å². The van der Waals surface area contributed by atoms with E-state index in [1.165, 1.54) is 5.56 Å². The van der Waals surface area contributed by atoms with Crippen molar-refractivity contribution in [3.8, 4) is 5.75 Å². The fourth-order valence-corrected chi connectivity index (χ4v) is 1.13. The minimum absolute atomic E-state index is 0.580. The summed E-state index contributed by atoms with van der Waals surface area (Å²) in [6.07, 6.45) is 0.917. The first-order chi connectivity index (χ1) is 6.72. The van der Waals surface area contributed by atoms with Gasteiger partial charge in [-0.1, -0.05) is 18.7 Å². The molecule has 0 heterocycles. The van der Waals surface area contributed by atoms with Crippen molar-refractivity contribution in [3.05, 3.63) is 42.0 Å². The summed E-state index contributed by atoms with van der Waals surface area (Å²) in [5.41, 5.74) is 7.72. The molecule has 2 N–H and O–H groups in total. The maximum atomic E-state index is 5.47. The molecule has 0 saturated carbocycles. The van der Waals surface area contributed by atoms with E-state index >= 15 is 0 Å². The second-order valence-electron chi connectivity index (χ2n) is 3.43. The SMILES string of the molecule is C=C(C)COc1ccc(CCN)cc1. The maximum absolute atomic E-state index is 5.47. The quantitative estimate of drug-likeness (QED) is 0.724. The lowest BCUT2D eigenvalue weighted by molar-refractivity contribution is 0.352. The summed E-state index contributed by atoms with van der Waals surface area (Å²) in [5, 5.41) is 0. The third-order valence-electron chi connectivity index (χ3n) is 1.84. The average Bonchev–Trinajstić information content (AvgIpc) is 2.17. The van der Waals surface area contributed by atoms with Gasteiger partial charge in [-0.25, -0.2) is 0 Å². The predicted octanol–water partition coefficient (Wildman–Crippen LogP) is 2.14. The normalized spacial score (nSPS) is 9.86. The molecule has 0 bridgehead atoms. The Morgan fingerprint density at radius 2 is 2.00 bits per heavy atom. The van der Waals surface area contributed by atoms with Crippen molar-refractivity contribution in [1.82, 2.24) is 0 Å². The van der Waals surface area contributed by atoms with Gasteiger partial charge in [-0.05, 0) is 43.2 Å². The highest BCUT2D eigenvalue weighted by atomic mass is 16.5. The Morgan fingerprint density at radius 3 is 2.50 bits per heavy atom. The lowest BCUT2D eigenvalue weighted by Gasteiger charge is -2.06. The Hall–Kier alpha value is -1.28. The minimum Gasteiger partial charge on any atom is -0.489 e. The molecule has 2 heteroatoms. The number of nitrogens with two attached hydrogens (primary N) is 1. The standard InChI is InChI=1S/C12H17NO/c1-10(2)9-14-12-5-3-11(4-6-12)7-8-13/h3-6H,1,7-9,13H2,2H3. The fourth-order valence-electron chi connectivity index (χ4n) is 1.13. The van der Waals surface area contributed by atoms with Crippen LogP contribution in [0.3, 0.4) is 0 Å². The Kier molecular flexibility index (Phi) is 4.20. The molecule has 0 unspecified atom stereocenters. The molecule has 0 aromatic heterocycles. The Labute approximate surface area is 85.4 Å². The lowest BCUT2D eigenvalue weighted by Crippen LogP contribution is -2.02. The van der Waals surface area contributed by atoms with Crippen LogP contribution in [0, 0.1) is 0 Å². The largest absolute Gasteiger partial charge is 0.489 e. The zero-order chi connectivity index (χ0) is 10.4. The summed E-state index contributed by atoms with van der Waals surface area (Å²) in [4.78, 5) is 0. The molecular weight excluding hydrogens is 174 g/mol. The van der Waals surface area contributed by atoms with Crippen LogP contribution in [0.2, 0.25) is 0 Å². The van der Waals surface area contributed by atoms with Gasteiger partial charge in [0.05, 0.1) is 0 Å². The average molecular weight is 191 g/mol. The maximum Gasteiger partial charge on any atom is 0.119 e. The van der Waals surface area contributed by atoms with Crippen LogP contribution >= 0.6 is 0 Å². The third-order valence-corrected chi connectivity index (χ3v) is 1.84. The zero-order valence-corrected chi connectivity index (χ0v) is 8.62. The van der Waals surface area contributed by atoms with Gasteiger partial charge in [0.25, 0.3) is 0 Å². The van der Waals surface area contributed by atoms with E-state index in [9.17, 15) is 0 Å². The summed E-state index contributed by atoms with van der Waals surface area (Å²) in [5.74, 6) is 0.883. The summed E-state index contributed by atoms with van der Waals surface area (Å²) >= 11 is 0. The van der Waals surface area contributed by atoms with E-state index in [4.69, 9.17) is 10.5 Å². The Bertz CT molecular complexity index is 290. The van der Waals surface area contributed by atoms with Crippen LogP contribution in [-0.2, 0) is 6.42 Å². The molecular formula is C12H17NO. The molecule has 2 nitrogen and oxygen atoms in total. The Morgan fingerprint density at radius 1 is 1.36 bits per heavy atom. The highest BCUT2D eigenvalue weighted by Gasteiger charge is 1.94. The molecule has 14 heavy (non-hydrogen) atoms. The zero-order valence-electron chi connectivity index (χ0n) is 8.62. The first-order valence-electron chi connectivity index (χ1n) is 4.78. The van der Waals surface area contributed by atoms with Crippen LogP contribution in [0.5, 0.6) is 5.75 Å². The van der Waals surface area contributed by atoms with Gasteiger partial charge < -0.3 is 10.5 Å². The second-order valence-corrected chi connectivity index (χ2v) is 3.43. The van der Waals surface area contributed by atoms with Crippen LogP contribution in [0.25, 0.3) is 0 Å². The summed E-state index contributed by atoms with van der Waals surface area (Å²) in [7, 11) is 0.